The number of carbonyl (C=O) groups excluding carboxylic acids is 1. The van der Waals surface area contributed by atoms with Gasteiger partial charge >= 0.3 is 0 Å². The van der Waals surface area contributed by atoms with Crippen LogP contribution >= 0.6 is 24.0 Å². The Balaban J connectivity index is 0.00000300. The van der Waals surface area contributed by atoms with Crippen LogP contribution in [0.2, 0.25) is 0 Å². The molecule has 0 bridgehead atoms. The highest BCUT2D eigenvalue weighted by Gasteiger charge is 2.35. The first-order chi connectivity index (χ1) is 13.4. The van der Waals surface area contributed by atoms with E-state index in [0.29, 0.717) is 6.54 Å². The normalized spacial score (nSPS) is 15.7. The van der Waals surface area contributed by atoms with Gasteiger partial charge in [0.05, 0.1) is 12.1 Å². The highest BCUT2D eigenvalue weighted by molar-refractivity contribution is 14.0. The lowest BCUT2D eigenvalue weighted by Crippen LogP contribution is -2.61. The second kappa shape index (κ2) is 10.1. The Bertz CT molecular complexity index is 829. The van der Waals surface area contributed by atoms with Crippen molar-refractivity contribution in [3.05, 3.63) is 42.2 Å². The molecule has 0 radical (unpaired) electrons. The number of nitrogens with two attached hydrogens (primary N) is 1. The summed E-state index contributed by atoms with van der Waals surface area (Å²) in [5, 5.41) is 7.47. The third-order valence-electron chi connectivity index (χ3n) is 5.23. The number of nitrogens with one attached hydrogen (secondary N) is 1. The minimum absolute atomic E-state index is 0. The number of rotatable bonds is 5. The molecule has 1 aliphatic heterocycles. The van der Waals surface area contributed by atoms with Gasteiger partial charge in [0.1, 0.15) is 5.69 Å². The summed E-state index contributed by atoms with van der Waals surface area (Å²) >= 11 is 0. The van der Waals surface area contributed by atoms with Gasteiger partial charge in [0, 0.05) is 44.9 Å². The zero-order valence-corrected chi connectivity index (χ0v) is 19.4. The molecule has 0 saturated carbocycles. The molecule has 0 unspecified atom stereocenters. The van der Waals surface area contributed by atoms with Crippen LogP contribution in [-0.2, 0) is 11.3 Å². The van der Waals surface area contributed by atoms with E-state index < -0.39 is 5.54 Å². The molecule has 158 valence electrons. The van der Waals surface area contributed by atoms with E-state index in [1.807, 2.05) is 50.2 Å². The second-order valence-electron chi connectivity index (χ2n) is 7.34. The van der Waals surface area contributed by atoms with Crippen molar-refractivity contribution >= 4 is 35.8 Å². The van der Waals surface area contributed by atoms with Crippen LogP contribution in [0.1, 0.15) is 19.6 Å². The number of benzene rings is 1. The van der Waals surface area contributed by atoms with Crippen molar-refractivity contribution in [1.82, 2.24) is 20.3 Å². The Morgan fingerprint density at radius 2 is 1.90 bits per heavy atom. The number of nitrogens with zero attached hydrogens (tertiary/aromatic N) is 4. The van der Waals surface area contributed by atoms with Crippen LogP contribution in [0, 0.1) is 0 Å². The van der Waals surface area contributed by atoms with Crippen LogP contribution in [0.3, 0.4) is 0 Å². The Morgan fingerprint density at radius 3 is 2.48 bits per heavy atom. The van der Waals surface area contributed by atoms with E-state index in [4.69, 9.17) is 10.3 Å². The molecule has 1 fully saturated rings. The van der Waals surface area contributed by atoms with E-state index in [-0.39, 0.29) is 29.9 Å². The molecule has 3 N–H and O–H groups in total. The fraction of sp³-hybridized carbons (Fsp3) is 0.450. The van der Waals surface area contributed by atoms with Gasteiger partial charge in [-0.25, -0.2) is 0 Å². The predicted molar refractivity (Wildman–Crippen MR) is 124 cm³/mol. The number of aliphatic imine (C=N–C) groups is 1. The Kier molecular flexibility index (Phi) is 8.03. The fourth-order valence-electron chi connectivity index (χ4n) is 3.27. The summed E-state index contributed by atoms with van der Waals surface area (Å²) in [4.78, 5) is 20.3. The standard InChI is InChI=1S/C20H28N6O2.HI/c1-20(2,18(21)27)26-11-9-25(10-12-26)19(22-3)23-14-16-13-17(24-28-16)15-7-5-4-6-8-15;/h4-8,13H,9-12,14H2,1-3H3,(H2,21,27)(H,22,23);1H. The van der Waals surface area contributed by atoms with E-state index in [9.17, 15) is 4.79 Å². The lowest BCUT2D eigenvalue weighted by atomic mass is 10.0. The summed E-state index contributed by atoms with van der Waals surface area (Å²) in [6.07, 6.45) is 0. The third-order valence-corrected chi connectivity index (χ3v) is 5.23. The molecule has 1 aromatic heterocycles. The van der Waals surface area contributed by atoms with E-state index in [2.05, 4.69) is 25.3 Å². The van der Waals surface area contributed by atoms with Gasteiger partial charge in [0.2, 0.25) is 5.91 Å². The molecule has 0 aliphatic carbocycles. The van der Waals surface area contributed by atoms with E-state index in [1.54, 1.807) is 7.05 Å². The lowest BCUT2D eigenvalue weighted by molar-refractivity contribution is -0.129. The maximum atomic E-state index is 11.7. The largest absolute Gasteiger partial charge is 0.368 e. The molecule has 1 aliphatic rings. The van der Waals surface area contributed by atoms with Gasteiger partial charge in [-0.3, -0.25) is 14.7 Å². The van der Waals surface area contributed by atoms with Crippen molar-refractivity contribution in [3.63, 3.8) is 0 Å². The van der Waals surface area contributed by atoms with E-state index >= 15 is 0 Å². The Labute approximate surface area is 188 Å². The molecule has 3 rings (SSSR count). The summed E-state index contributed by atoms with van der Waals surface area (Å²) in [6.45, 7) is 7.26. The number of halogens is 1. The highest BCUT2D eigenvalue weighted by atomic mass is 127. The molecular formula is C20H29IN6O2. The maximum absolute atomic E-state index is 11.7. The minimum atomic E-state index is -0.642. The molecule has 1 saturated heterocycles. The maximum Gasteiger partial charge on any atom is 0.237 e. The van der Waals surface area contributed by atoms with Crippen LogP contribution in [-0.4, -0.2) is 65.6 Å². The molecule has 2 heterocycles. The van der Waals surface area contributed by atoms with Crippen molar-refractivity contribution in [3.8, 4) is 11.3 Å². The summed E-state index contributed by atoms with van der Waals surface area (Å²) in [7, 11) is 1.76. The number of primary amides is 1. The van der Waals surface area contributed by atoms with Crippen molar-refractivity contribution in [1.29, 1.82) is 0 Å². The first-order valence-corrected chi connectivity index (χ1v) is 9.43. The van der Waals surface area contributed by atoms with Gasteiger partial charge in [0.15, 0.2) is 11.7 Å². The summed E-state index contributed by atoms with van der Waals surface area (Å²) in [5.74, 6) is 1.24. The van der Waals surface area contributed by atoms with Crippen LogP contribution in [0.25, 0.3) is 11.3 Å². The molecule has 2 aromatic rings. The summed E-state index contributed by atoms with van der Waals surface area (Å²) in [5.41, 5.74) is 6.73. The van der Waals surface area contributed by atoms with Crippen LogP contribution in [0.15, 0.2) is 45.9 Å². The van der Waals surface area contributed by atoms with Gasteiger partial charge in [-0.05, 0) is 13.8 Å². The van der Waals surface area contributed by atoms with E-state index in [0.717, 1.165) is 49.2 Å². The third kappa shape index (κ3) is 5.47. The molecule has 1 aromatic carbocycles. The van der Waals surface area contributed by atoms with Crippen molar-refractivity contribution in [2.45, 2.75) is 25.9 Å². The zero-order chi connectivity index (χ0) is 20.1. The zero-order valence-electron chi connectivity index (χ0n) is 17.1. The lowest BCUT2D eigenvalue weighted by Gasteiger charge is -2.43. The predicted octanol–water partition coefficient (Wildman–Crippen LogP) is 1.92. The minimum Gasteiger partial charge on any atom is -0.368 e. The number of guanidine groups is 1. The molecule has 0 atom stereocenters. The SMILES string of the molecule is CN=C(NCc1cc(-c2ccccc2)no1)N1CCN(C(C)(C)C(N)=O)CC1.I. The molecule has 8 nitrogen and oxygen atoms in total. The number of carbonyl (C=O) groups is 1. The van der Waals surface area contributed by atoms with Crippen LogP contribution in [0.5, 0.6) is 0 Å². The number of amides is 1. The fourth-order valence-corrected chi connectivity index (χ4v) is 3.27. The second-order valence-corrected chi connectivity index (χ2v) is 7.34. The Hall–Kier alpha value is -2.14. The first kappa shape index (κ1) is 23.1. The number of piperazine rings is 1. The number of hydrogen-bond acceptors (Lipinski definition) is 5. The van der Waals surface area contributed by atoms with Gasteiger partial charge in [-0.1, -0.05) is 35.5 Å². The number of hydrogen-bond donors (Lipinski definition) is 2. The van der Waals surface area contributed by atoms with Crippen LogP contribution in [0.4, 0.5) is 0 Å². The van der Waals surface area contributed by atoms with Gasteiger partial charge in [0.25, 0.3) is 0 Å². The van der Waals surface area contributed by atoms with Gasteiger partial charge in [-0.15, -0.1) is 24.0 Å². The van der Waals surface area contributed by atoms with Crippen LogP contribution < -0.4 is 11.1 Å². The quantitative estimate of drug-likeness (QED) is 0.361. The molecule has 29 heavy (non-hydrogen) atoms. The number of aromatic nitrogens is 1. The first-order valence-electron chi connectivity index (χ1n) is 9.43. The van der Waals surface area contributed by atoms with Crippen molar-refractivity contribution < 1.29 is 9.32 Å². The Morgan fingerprint density at radius 1 is 1.24 bits per heavy atom. The topological polar surface area (TPSA) is 100.0 Å². The average Bonchev–Trinajstić information content (AvgIpc) is 3.18. The van der Waals surface area contributed by atoms with E-state index in [1.165, 1.54) is 0 Å². The molecular weight excluding hydrogens is 483 g/mol. The highest BCUT2D eigenvalue weighted by Crippen LogP contribution is 2.19. The van der Waals surface area contributed by atoms with Crippen molar-refractivity contribution in [2.24, 2.45) is 10.7 Å². The molecule has 9 heteroatoms. The van der Waals surface area contributed by atoms with Crippen molar-refractivity contribution in [2.75, 3.05) is 33.2 Å². The van der Waals surface area contributed by atoms with Gasteiger partial charge < -0.3 is 20.5 Å². The monoisotopic (exact) mass is 512 g/mol. The smallest absolute Gasteiger partial charge is 0.237 e. The van der Waals surface area contributed by atoms with Gasteiger partial charge in [-0.2, -0.15) is 0 Å². The summed E-state index contributed by atoms with van der Waals surface area (Å²) < 4.78 is 5.44. The molecule has 0 spiro atoms. The molecule has 1 amide bonds. The summed E-state index contributed by atoms with van der Waals surface area (Å²) in [6, 6.07) is 11.9. The average molecular weight is 512 g/mol.